The molecule has 1 aromatic heterocycles. The van der Waals surface area contributed by atoms with Crippen LogP contribution in [0.25, 0.3) is 5.57 Å². The number of halogens is 1. The molecular formula is C19H22ClN3. The van der Waals surface area contributed by atoms with Crippen molar-refractivity contribution in [1.82, 2.24) is 9.78 Å². The third kappa shape index (κ3) is 3.33. The Labute approximate surface area is 143 Å². The van der Waals surface area contributed by atoms with E-state index in [1.165, 1.54) is 5.56 Å². The van der Waals surface area contributed by atoms with Gasteiger partial charge in [-0.05, 0) is 30.4 Å². The molecule has 1 heterocycles. The summed E-state index contributed by atoms with van der Waals surface area (Å²) in [5.74, 6) is 0. The maximum absolute atomic E-state index is 9.32. The van der Waals surface area contributed by atoms with Gasteiger partial charge in [-0.3, -0.25) is 4.68 Å². The zero-order valence-corrected chi connectivity index (χ0v) is 15.1. The van der Waals surface area contributed by atoms with Crippen molar-refractivity contribution < 1.29 is 0 Å². The Bertz CT molecular complexity index is 786. The van der Waals surface area contributed by atoms with E-state index in [9.17, 15) is 5.26 Å². The standard InChI is InChI=1S/C19H22ClN3/c1-6-23-18(17(20)13(2)22-23)15(11-12-21)14-9-7-8-10-16(14)19(3,4)5/h7-11H,6H2,1-5H3. The molecule has 120 valence electrons. The van der Waals surface area contributed by atoms with Gasteiger partial charge in [-0.1, -0.05) is 56.6 Å². The topological polar surface area (TPSA) is 41.6 Å². The molecule has 0 saturated heterocycles. The number of hydrogen-bond acceptors (Lipinski definition) is 2. The molecule has 0 aliphatic carbocycles. The summed E-state index contributed by atoms with van der Waals surface area (Å²) in [5.41, 5.74) is 4.58. The van der Waals surface area contributed by atoms with Crippen LogP contribution in [0.1, 0.15) is 50.2 Å². The monoisotopic (exact) mass is 327 g/mol. The van der Waals surface area contributed by atoms with E-state index in [2.05, 4.69) is 38.0 Å². The van der Waals surface area contributed by atoms with Crippen molar-refractivity contribution in [3.05, 3.63) is 57.9 Å². The lowest BCUT2D eigenvalue weighted by molar-refractivity contribution is 0.588. The first kappa shape index (κ1) is 17.3. The van der Waals surface area contributed by atoms with Crippen LogP contribution in [-0.4, -0.2) is 9.78 Å². The molecule has 1 aromatic carbocycles. The van der Waals surface area contributed by atoms with Crippen LogP contribution in [0.15, 0.2) is 30.3 Å². The van der Waals surface area contributed by atoms with Gasteiger partial charge in [-0.25, -0.2) is 0 Å². The zero-order valence-electron chi connectivity index (χ0n) is 14.3. The van der Waals surface area contributed by atoms with E-state index in [4.69, 9.17) is 11.6 Å². The van der Waals surface area contributed by atoms with Crippen molar-refractivity contribution in [2.75, 3.05) is 0 Å². The number of aryl methyl sites for hydroxylation is 2. The van der Waals surface area contributed by atoms with Gasteiger partial charge in [0.25, 0.3) is 0 Å². The van der Waals surface area contributed by atoms with E-state index >= 15 is 0 Å². The quantitative estimate of drug-likeness (QED) is 0.734. The summed E-state index contributed by atoms with van der Waals surface area (Å²) in [4.78, 5) is 0. The van der Waals surface area contributed by atoms with Crippen LogP contribution in [0, 0.1) is 18.3 Å². The first-order chi connectivity index (χ1) is 10.8. The largest absolute Gasteiger partial charge is 0.263 e. The molecule has 0 radical (unpaired) electrons. The van der Waals surface area contributed by atoms with E-state index in [-0.39, 0.29) is 5.41 Å². The number of allylic oxidation sites excluding steroid dienone is 1. The van der Waals surface area contributed by atoms with Gasteiger partial charge in [-0.2, -0.15) is 10.4 Å². The minimum Gasteiger partial charge on any atom is -0.263 e. The Kier molecular flexibility index (Phi) is 4.97. The average molecular weight is 328 g/mol. The second-order valence-corrected chi connectivity index (χ2v) is 6.92. The molecule has 2 aromatic rings. The Morgan fingerprint density at radius 3 is 2.57 bits per heavy atom. The van der Waals surface area contributed by atoms with Crippen molar-refractivity contribution in [1.29, 1.82) is 5.26 Å². The SMILES string of the molecule is CCn1nc(C)c(Cl)c1C(=CC#N)c1ccccc1C(C)(C)C. The molecule has 0 bridgehead atoms. The van der Waals surface area contributed by atoms with Crippen LogP contribution in [0.5, 0.6) is 0 Å². The number of nitrogens with zero attached hydrogens (tertiary/aromatic N) is 3. The van der Waals surface area contributed by atoms with Gasteiger partial charge in [0.15, 0.2) is 0 Å². The number of nitriles is 1. The summed E-state index contributed by atoms with van der Waals surface area (Å²) in [6, 6.07) is 10.3. The fourth-order valence-corrected chi connectivity index (χ4v) is 2.99. The van der Waals surface area contributed by atoms with Crippen LogP contribution in [-0.2, 0) is 12.0 Å². The lowest BCUT2D eigenvalue weighted by atomic mass is 9.81. The smallest absolute Gasteiger partial charge is 0.0919 e. The first-order valence-electron chi connectivity index (χ1n) is 7.74. The number of benzene rings is 1. The van der Waals surface area contributed by atoms with Crippen LogP contribution in [0.4, 0.5) is 0 Å². The van der Waals surface area contributed by atoms with Crippen molar-refractivity contribution in [3.63, 3.8) is 0 Å². The predicted octanol–water partition coefficient (Wildman–Crippen LogP) is 5.12. The van der Waals surface area contributed by atoms with Gasteiger partial charge in [-0.15, -0.1) is 0 Å². The Morgan fingerprint density at radius 2 is 2.00 bits per heavy atom. The third-order valence-electron chi connectivity index (χ3n) is 3.84. The van der Waals surface area contributed by atoms with Crippen molar-refractivity contribution >= 4 is 17.2 Å². The molecule has 0 spiro atoms. The molecule has 0 N–H and O–H groups in total. The Morgan fingerprint density at radius 1 is 1.35 bits per heavy atom. The summed E-state index contributed by atoms with van der Waals surface area (Å²) < 4.78 is 1.86. The number of hydrogen-bond donors (Lipinski definition) is 0. The molecule has 0 aliphatic heterocycles. The zero-order chi connectivity index (χ0) is 17.2. The first-order valence-corrected chi connectivity index (χ1v) is 8.12. The molecule has 0 unspecified atom stereocenters. The fraction of sp³-hybridized carbons (Fsp3) is 0.368. The summed E-state index contributed by atoms with van der Waals surface area (Å²) in [7, 11) is 0. The minimum atomic E-state index is -0.0380. The van der Waals surface area contributed by atoms with Crippen molar-refractivity contribution in [2.45, 2.75) is 46.6 Å². The predicted molar refractivity (Wildman–Crippen MR) is 95.5 cm³/mol. The molecule has 4 heteroatoms. The molecule has 0 atom stereocenters. The molecule has 0 amide bonds. The van der Waals surface area contributed by atoms with Gasteiger partial charge >= 0.3 is 0 Å². The van der Waals surface area contributed by atoms with E-state index in [0.717, 1.165) is 22.5 Å². The number of rotatable bonds is 3. The lowest BCUT2D eigenvalue weighted by Crippen LogP contribution is -2.15. The Balaban J connectivity index is 2.78. The summed E-state index contributed by atoms with van der Waals surface area (Å²) in [5, 5.41) is 14.4. The molecule has 2 rings (SSSR count). The normalized spacial score (nSPS) is 12.3. The summed E-state index contributed by atoms with van der Waals surface area (Å²) in [6.07, 6.45) is 1.57. The summed E-state index contributed by atoms with van der Waals surface area (Å²) >= 11 is 6.51. The Hall–Kier alpha value is -2.05. The van der Waals surface area contributed by atoms with Crippen LogP contribution >= 0.6 is 11.6 Å². The van der Waals surface area contributed by atoms with Crippen LogP contribution in [0.2, 0.25) is 5.02 Å². The molecule has 23 heavy (non-hydrogen) atoms. The van der Waals surface area contributed by atoms with Gasteiger partial charge in [0.2, 0.25) is 0 Å². The fourth-order valence-electron chi connectivity index (χ4n) is 2.76. The molecule has 0 fully saturated rings. The summed E-state index contributed by atoms with van der Waals surface area (Å²) in [6.45, 7) is 11.1. The van der Waals surface area contributed by atoms with Gasteiger partial charge in [0.05, 0.1) is 22.5 Å². The highest BCUT2D eigenvalue weighted by molar-refractivity contribution is 6.33. The lowest BCUT2D eigenvalue weighted by Gasteiger charge is -2.24. The molecule has 0 aliphatic rings. The highest BCUT2D eigenvalue weighted by atomic mass is 35.5. The van der Waals surface area contributed by atoms with Crippen molar-refractivity contribution in [2.24, 2.45) is 0 Å². The minimum absolute atomic E-state index is 0.0380. The molecule has 0 saturated carbocycles. The van der Waals surface area contributed by atoms with Crippen LogP contribution < -0.4 is 0 Å². The van der Waals surface area contributed by atoms with Gasteiger partial charge in [0, 0.05) is 18.2 Å². The highest BCUT2D eigenvalue weighted by Gasteiger charge is 2.24. The average Bonchev–Trinajstić information content (AvgIpc) is 2.79. The van der Waals surface area contributed by atoms with E-state index in [1.807, 2.05) is 36.7 Å². The second kappa shape index (κ2) is 6.60. The second-order valence-electron chi connectivity index (χ2n) is 6.55. The van der Waals surface area contributed by atoms with E-state index < -0.39 is 0 Å². The molecule has 3 nitrogen and oxygen atoms in total. The highest BCUT2D eigenvalue weighted by Crippen LogP contribution is 2.36. The maximum Gasteiger partial charge on any atom is 0.0919 e. The van der Waals surface area contributed by atoms with Gasteiger partial charge < -0.3 is 0 Å². The molecular weight excluding hydrogens is 306 g/mol. The third-order valence-corrected chi connectivity index (χ3v) is 4.30. The van der Waals surface area contributed by atoms with E-state index in [1.54, 1.807) is 6.08 Å². The number of aromatic nitrogens is 2. The maximum atomic E-state index is 9.32. The van der Waals surface area contributed by atoms with E-state index in [0.29, 0.717) is 11.6 Å². The van der Waals surface area contributed by atoms with Crippen molar-refractivity contribution in [3.8, 4) is 6.07 Å². The van der Waals surface area contributed by atoms with Gasteiger partial charge in [0.1, 0.15) is 0 Å². The van der Waals surface area contributed by atoms with Crippen LogP contribution in [0.3, 0.4) is 0 Å².